The minimum atomic E-state index is -0.230. The van der Waals surface area contributed by atoms with Gasteiger partial charge in [0.1, 0.15) is 11.6 Å². The Morgan fingerprint density at radius 1 is 1.04 bits per heavy atom. The van der Waals surface area contributed by atoms with Crippen LogP contribution in [-0.4, -0.2) is 26.2 Å². The molecule has 2 N–H and O–H groups in total. The van der Waals surface area contributed by atoms with Crippen LogP contribution in [0.2, 0.25) is 0 Å². The maximum absolute atomic E-state index is 13.7. The molecule has 2 aromatic carbocycles. The van der Waals surface area contributed by atoms with Crippen LogP contribution >= 0.6 is 24.0 Å². The normalized spacial score (nSPS) is 10.8. The first-order valence-corrected chi connectivity index (χ1v) is 8.12. The number of nitrogens with one attached hydrogen (secondary N) is 2. The van der Waals surface area contributed by atoms with Gasteiger partial charge in [-0.2, -0.15) is 0 Å². The first-order valence-electron chi connectivity index (χ1n) is 8.12. The van der Waals surface area contributed by atoms with Crippen LogP contribution in [-0.2, 0) is 13.0 Å². The molecule has 136 valence electrons. The zero-order chi connectivity index (χ0) is 17.2. The summed E-state index contributed by atoms with van der Waals surface area (Å²) in [6, 6.07) is 14.6. The Morgan fingerprint density at radius 2 is 1.72 bits per heavy atom. The van der Waals surface area contributed by atoms with E-state index in [-0.39, 0.29) is 29.8 Å². The third-order valence-electron chi connectivity index (χ3n) is 3.59. The number of hydrogen-bond acceptors (Lipinski definition) is 2. The summed E-state index contributed by atoms with van der Waals surface area (Å²) in [5, 5.41) is 6.44. The van der Waals surface area contributed by atoms with Gasteiger partial charge < -0.3 is 15.4 Å². The van der Waals surface area contributed by atoms with Gasteiger partial charge in [-0.05, 0) is 31.0 Å². The Hall–Kier alpha value is -1.83. The second-order valence-corrected chi connectivity index (χ2v) is 5.28. The van der Waals surface area contributed by atoms with Crippen molar-refractivity contribution in [2.24, 2.45) is 4.99 Å². The summed E-state index contributed by atoms with van der Waals surface area (Å²) in [6.45, 7) is 3.76. The van der Waals surface area contributed by atoms with Gasteiger partial charge in [-0.25, -0.2) is 9.38 Å². The monoisotopic (exact) mass is 457 g/mol. The van der Waals surface area contributed by atoms with Gasteiger partial charge in [0.05, 0.1) is 13.7 Å². The zero-order valence-corrected chi connectivity index (χ0v) is 16.9. The van der Waals surface area contributed by atoms with E-state index in [0.29, 0.717) is 24.6 Å². The van der Waals surface area contributed by atoms with Gasteiger partial charge in [-0.3, -0.25) is 0 Å². The molecule has 0 amide bonds. The molecular formula is C19H25FIN3O. The molecule has 0 spiro atoms. The predicted octanol–water partition coefficient (Wildman–Crippen LogP) is 3.75. The van der Waals surface area contributed by atoms with Gasteiger partial charge in [-0.1, -0.05) is 36.4 Å². The number of hydrogen-bond donors (Lipinski definition) is 2. The topological polar surface area (TPSA) is 45.7 Å². The molecule has 0 fully saturated rings. The third kappa shape index (κ3) is 6.89. The first kappa shape index (κ1) is 21.2. The number of guanidine groups is 1. The fraction of sp³-hybridized carbons (Fsp3) is 0.316. The van der Waals surface area contributed by atoms with Gasteiger partial charge in [0.15, 0.2) is 5.96 Å². The van der Waals surface area contributed by atoms with Crippen molar-refractivity contribution >= 4 is 29.9 Å². The molecule has 6 heteroatoms. The van der Waals surface area contributed by atoms with E-state index in [2.05, 4.69) is 15.6 Å². The third-order valence-corrected chi connectivity index (χ3v) is 3.59. The average Bonchev–Trinajstić information content (AvgIpc) is 2.61. The molecule has 0 aliphatic carbocycles. The van der Waals surface area contributed by atoms with Crippen molar-refractivity contribution in [1.29, 1.82) is 0 Å². The minimum absolute atomic E-state index is 0. The predicted molar refractivity (Wildman–Crippen MR) is 111 cm³/mol. The highest BCUT2D eigenvalue weighted by Gasteiger charge is 2.04. The lowest BCUT2D eigenvalue weighted by Crippen LogP contribution is -2.38. The second kappa shape index (κ2) is 11.7. The summed E-state index contributed by atoms with van der Waals surface area (Å²) < 4.78 is 19.0. The maximum atomic E-state index is 13.7. The Kier molecular flexibility index (Phi) is 9.91. The number of nitrogens with zero attached hydrogens (tertiary/aromatic N) is 1. The van der Waals surface area contributed by atoms with Crippen molar-refractivity contribution in [3.63, 3.8) is 0 Å². The molecule has 0 radical (unpaired) electrons. The number of methoxy groups -OCH3 is 1. The fourth-order valence-corrected chi connectivity index (χ4v) is 2.36. The number of halogens is 2. The average molecular weight is 457 g/mol. The van der Waals surface area contributed by atoms with E-state index in [4.69, 9.17) is 4.74 Å². The van der Waals surface area contributed by atoms with Gasteiger partial charge in [0.2, 0.25) is 0 Å². The number of ether oxygens (including phenoxy) is 1. The number of benzene rings is 2. The molecule has 0 saturated heterocycles. The zero-order valence-electron chi connectivity index (χ0n) is 14.6. The summed E-state index contributed by atoms with van der Waals surface area (Å²) in [5.41, 5.74) is 1.72. The van der Waals surface area contributed by atoms with E-state index in [1.165, 1.54) is 6.07 Å². The standard InChI is InChI=1S/C19H24FN3O.HI/c1-3-21-19(23-14-16-9-4-6-10-17(16)20)22-13-12-15-8-5-7-11-18(15)24-2;/h4-11H,3,12-14H2,1-2H3,(H2,21,22,23);1H. The van der Waals surface area contributed by atoms with Crippen LogP contribution in [0.3, 0.4) is 0 Å². The molecule has 0 aliphatic rings. The largest absolute Gasteiger partial charge is 0.496 e. The number of rotatable bonds is 7. The summed E-state index contributed by atoms with van der Waals surface area (Å²) in [6.07, 6.45) is 0.814. The lowest BCUT2D eigenvalue weighted by atomic mass is 10.1. The molecular weight excluding hydrogens is 432 g/mol. The summed E-state index contributed by atoms with van der Waals surface area (Å²) >= 11 is 0. The summed E-state index contributed by atoms with van der Waals surface area (Å²) in [4.78, 5) is 4.44. The van der Waals surface area contributed by atoms with Gasteiger partial charge in [0.25, 0.3) is 0 Å². The van der Waals surface area contributed by atoms with Crippen LogP contribution in [0.25, 0.3) is 0 Å². The molecule has 0 unspecified atom stereocenters. The van der Waals surface area contributed by atoms with E-state index >= 15 is 0 Å². The fourth-order valence-electron chi connectivity index (χ4n) is 2.36. The minimum Gasteiger partial charge on any atom is -0.496 e. The van der Waals surface area contributed by atoms with Crippen molar-refractivity contribution in [2.75, 3.05) is 20.2 Å². The van der Waals surface area contributed by atoms with Crippen LogP contribution in [0.15, 0.2) is 53.5 Å². The van der Waals surface area contributed by atoms with Crippen molar-refractivity contribution < 1.29 is 9.13 Å². The molecule has 0 aromatic heterocycles. The molecule has 0 bridgehead atoms. The van der Waals surface area contributed by atoms with Crippen LogP contribution < -0.4 is 15.4 Å². The molecule has 2 aromatic rings. The van der Waals surface area contributed by atoms with Crippen LogP contribution in [0.5, 0.6) is 5.75 Å². The van der Waals surface area contributed by atoms with Gasteiger partial charge in [-0.15, -0.1) is 24.0 Å². The lowest BCUT2D eigenvalue weighted by molar-refractivity contribution is 0.409. The Labute approximate surface area is 165 Å². The SMILES string of the molecule is CCNC(=NCc1ccccc1F)NCCc1ccccc1OC.I. The Balaban J connectivity index is 0.00000312. The molecule has 0 aliphatic heterocycles. The Bertz CT molecular complexity index is 679. The lowest BCUT2D eigenvalue weighted by Gasteiger charge is -2.13. The quantitative estimate of drug-likeness (QED) is 0.378. The van der Waals surface area contributed by atoms with Crippen molar-refractivity contribution in [3.05, 3.63) is 65.5 Å². The van der Waals surface area contributed by atoms with E-state index in [9.17, 15) is 4.39 Å². The van der Waals surface area contributed by atoms with Crippen LogP contribution in [0.1, 0.15) is 18.1 Å². The van der Waals surface area contributed by atoms with Gasteiger partial charge >= 0.3 is 0 Å². The molecule has 0 atom stereocenters. The highest BCUT2D eigenvalue weighted by molar-refractivity contribution is 14.0. The van der Waals surface area contributed by atoms with Crippen LogP contribution in [0, 0.1) is 5.82 Å². The van der Waals surface area contributed by atoms with E-state index in [1.54, 1.807) is 19.2 Å². The summed E-state index contributed by atoms with van der Waals surface area (Å²) in [5.74, 6) is 1.33. The van der Waals surface area contributed by atoms with Crippen molar-refractivity contribution in [3.8, 4) is 5.75 Å². The number of aliphatic imine (C=N–C) groups is 1. The summed E-state index contributed by atoms with van der Waals surface area (Å²) in [7, 11) is 1.67. The van der Waals surface area contributed by atoms with Crippen LogP contribution in [0.4, 0.5) is 4.39 Å². The smallest absolute Gasteiger partial charge is 0.191 e. The molecule has 4 nitrogen and oxygen atoms in total. The van der Waals surface area contributed by atoms with Gasteiger partial charge in [0, 0.05) is 18.7 Å². The van der Waals surface area contributed by atoms with Crippen molar-refractivity contribution in [2.45, 2.75) is 19.9 Å². The molecule has 0 saturated carbocycles. The molecule has 0 heterocycles. The highest BCUT2D eigenvalue weighted by atomic mass is 127. The van der Waals surface area contributed by atoms with E-state index in [0.717, 1.165) is 24.3 Å². The molecule has 25 heavy (non-hydrogen) atoms. The van der Waals surface area contributed by atoms with E-state index < -0.39 is 0 Å². The second-order valence-electron chi connectivity index (χ2n) is 5.28. The Morgan fingerprint density at radius 3 is 2.40 bits per heavy atom. The van der Waals surface area contributed by atoms with Crippen molar-refractivity contribution in [1.82, 2.24) is 10.6 Å². The first-order chi connectivity index (χ1) is 11.7. The van der Waals surface area contributed by atoms with E-state index in [1.807, 2.05) is 37.3 Å². The highest BCUT2D eigenvalue weighted by Crippen LogP contribution is 2.17. The maximum Gasteiger partial charge on any atom is 0.191 e. The number of para-hydroxylation sites is 1. The molecule has 2 rings (SSSR count).